The summed E-state index contributed by atoms with van der Waals surface area (Å²) >= 11 is 1.91. The molecule has 4 N–H and O–H groups in total. The second-order valence-corrected chi connectivity index (χ2v) is 8.81. The molecule has 3 fully saturated rings. The normalized spacial score (nSPS) is 27.8. The van der Waals surface area contributed by atoms with Crippen molar-refractivity contribution in [1.29, 1.82) is 0 Å². The van der Waals surface area contributed by atoms with Gasteiger partial charge >= 0.3 is 6.03 Å². The van der Waals surface area contributed by atoms with Crippen molar-refractivity contribution in [2.75, 3.05) is 32.0 Å². The molecular formula is C18H30N4O4S. The van der Waals surface area contributed by atoms with Crippen molar-refractivity contribution in [2.24, 2.45) is 5.92 Å². The van der Waals surface area contributed by atoms with Crippen LogP contribution < -0.4 is 16.0 Å². The summed E-state index contributed by atoms with van der Waals surface area (Å²) in [7, 11) is 0. The van der Waals surface area contributed by atoms with Crippen molar-refractivity contribution in [3.05, 3.63) is 0 Å². The molecule has 9 heteroatoms. The van der Waals surface area contributed by atoms with E-state index >= 15 is 0 Å². The van der Waals surface area contributed by atoms with Crippen molar-refractivity contribution >= 4 is 29.6 Å². The van der Waals surface area contributed by atoms with Gasteiger partial charge in [0.1, 0.15) is 0 Å². The van der Waals surface area contributed by atoms with Crippen LogP contribution in [0.5, 0.6) is 0 Å². The number of urea groups is 1. The minimum atomic E-state index is -0.0566. The molecule has 27 heavy (non-hydrogen) atoms. The van der Waals surface area contributed by atoms with Crippen LogP contribution in [0.4, 0.5) is 4.79 Å². The van der Waals surface area contributed by atoms with Crippen LogP contribution in [0, 0.1) is 5.92 Å². The lowest BCUT2D eigenvalue weighted by Gasteiger charge is -2.31. The van der Waals surface area contributed by atoms with E-state index in [9.17, 15) is 14.4 Å². The molecule has 152 valence electrons. The van der Waals surface area contributed by atoms with Gasteiger partial charge in [-0.1, -0.05) is 6.42 Å². The van der Waals surface area contributed by atoms with Gasteiger partial charge in [0.05, 0.1) is 18.7 Å². The Labute approximate surface area is 164 Å². The summed E-state index contributed by atoms with van der Waals surface area (Å²) in [4.78, 5) is 37.6. The first-order valence-corrected chi connectivity index (χ1v) is 11.0. The van der Waals surface area contributed by atoms with E-state index in [0.717, 1.165) is 25.0 Å². The van der Waals surface area contributed by atoms with Gasteiger partial charge in [-0.3, -0.25) is 9.59 Å². The predicted octanol–water partition coefficient (Wildman–Crippen LogP) is 0.0593. The zero-order valence-corrected chi connectivity index (χ0v) is 16.4. The van der Waals surface area contributed by atoms with Gasteiger partial charge in [0.15, 0.2) is 0 Å². The molecule has 0 aromatic carbocycles. The number of rotatable bonds is 8. The summed E-state index contributed by atoms with van der Waals surface area (Å²) in [6.45, 7) is 1.51. The SMILES string of the molecule is O=C1N[C@H]2[C@H](CS[C@H]2CCCCC(=O)N2CCC(C(=O)NCCO)CC2)N1. The minimum Gasteiger partial charge on any atom is -0.395 e. The standard InChI is InChI=1S/C18H30N4O4S/c23-10-7-19-17(25)12-5-8-22(9-6-12)15(24)4-2-1-3-14-16-13(11-27-14)20-18(26)21-16/h12-14,16,23H,1-11H2,(H,19,25)(H2,20,21,26)/t13-,14-,16-/m0/s1. The lowest BCUT2D eigenvalue weighted by molar-refractivity contribution is -0.135. The predicted molar refractivity (Wildman–Crippen MR) is 103 cm³/mol. The van der Waals surface area contributed by atoms with Crippen LogP contribution in [0.15, 0.2) is 0 Å². The van der Waals surface area contributed by atoms with Gasteiger partial charge in [-0.15, -0.1) is 0 Å². The van der Waals surface area contributed by atoms with Crippen LogP contribution in [0.1, 0.15) is 38.5 Å². The zero-order valence-electron chi connectivity index (χ0n) is 15.6. The molecule has 0 unspecified atom stereocenters. The molecule has 3 saturated heterocycles. The van der Waals surface area contributed by atoms with Crippen LogP contribution in [0.3, 0.4) is 0 Å². The first-order valence-electron chi connectivity index (χ1n) is 9.93. The third kappa shape index (κ3) is 5.28. The second kappa shape index (κ2) is 9.64. The highest BCUT2D eigenvalue weighted by molar-refractivity contribution is 8.00. The van der Waals surface area contributed by atoms with E-state index < -0.39 is 0 Å². The van der Waals surface area contributed by atoms with Crippen molar-refractivity contribution < 1.29 is 19.5 Å². The molecule has 0 spiro atoms. The number of hydrogen-bond acceptors (Lipinski definition) is 5. The highest BCUT2D eigenvalue weighted by Gasteiger charge is 2.42. The van der Waals surface area contributed by atoms with E-state index in [1.165, 1.54) is 0 Å². The maximum Gasteiger partial charge on any atom is 0.315 e. The fraction of sp³-hybridized carbons (Fsp3) is 0.833. The molecule has 0 aliphatic carbocycles. The molecule has 3 aliphatic heterocycles. The number of aliphatic hydroxyl groups excluding tert-OH is 1. The maximum absolute atomic E-state index is 12.4. The summed E-state index contributed by atoms with van der Waals surface area (Å²) in [5.41, 5.74) is 0. The molecule has 3 atom stereocenters. The maximum atomic E-state index is 12.4. The average Bonchev–Trinajstić information content (AvgIpc) is 3.22. The quantitative estimate of drug-likeness (QED) is 0.341. The summed E-state index contributed by atoms with van der Waals surface area (Å²) in [5.74, 6) is 1.07. The van der Waals surface area contributed by atoms with Crippen LogP contribution in [-0.4, -0.2) is 77.2 Å². The van der Waals surface area contributed by atoms with Crippen LogP contribution in [0.2, 0.25) is 0 Å². The number of piperidine rings is 1. The summed E-state index contributed by atoms with van der Waals surface area (Å²) < 4.78 is 0. The Bertz CT molecular complexity index is 553. The lowest BCUT2D eigenvalue weighted by Crippen LogP contribution is -2.43. The Kier molecular flexibility index (Phi) is 7.23. The van der Waals surface area contributed by atoms with Gasteiger partial charge in [0.2, 0.25) is 11.8 Å². The van der Waals surface area contributed by atoms with Crippen molar-refractivity contribution in [2.45, 2.75) is 55.9 Å². The number of thioether (sulfide) groups is 1. The third-order valence-electron chi connectivity index (χ3n) is 5.70. The molecular weight excluding hydrogens is 368 g/mol. The molecule has 3 aliphatic rings. The van der Waals surface area contributed by atoms with Crippen molar-refractivity contribution in [3.8, 4) is 0 Å². The second-order valence-electron chi connectivity index (χ2n) is 7.54. The molecule has 0 saturated carbocycles. The van der Waals surface area contributed by atoms with E-state index in [1.807, 2.05) is 16.7 Å². The van der Waals surface area contributed by atoms with E-state index in [0.29, 0.717) is 44.1 Å². The van der Waals surface area contributed by atoms with Gasteiger partial charge < -0.3 is 26.0 Å². The number of aliphatic hydroxyl groups is 1. The summed E-state index contributed by atoms with van der Waals surface area (Å²) in [6.07, 6.45) is 4.81. The smallest absolute Gasteiger partial charge is 0.315 e. The number of unbranched alkanes of at least 4 members (excludes halogenated alkanes) is 1. The van der Waals surface area contributed by atoms with Gasteiger partial charge in [-0.2, -0.15) is 11.8 Å². The Balaban J connectivity index is 1.29. The first-order chi connectivity index (χ1) is 13.1. The fourth-order valence-electron chi connectivity index (χ4n) is 4.14. The Morgan fingerprint density at radius 2 is 2.00 bits per heavy atom. The number of nitrogens with one attached hydrogen (secondary N) is 3. The number of likely N-dealkylation sites (tertiary alicyclic amines) is 1. The Morgan fingerprint density at radius 1 is 1.22 bits per heavy atom. The van der Waals surface area contributed by atoms with Gasteiger partial charge in [-0.05, 0) is 25.7 Å². The minimum absolute atomic E-state index is 0.0167. The van der Waals surface area contributed by atoms with Crippen LogP contribution in [0.25, 0.3) is 0 Å². The fourth-order valence-corrected chi connectivity index (χ4v) is 5.68. The van der Waals surface area contributed by atoms with E-state index in [1.54, 1.807) is 0 Å². The zero-order chi connectivity index (χ0) is 19.2. The Hall–Kier alpha value is -1.48. The van der Waals surface area contributed by atoms with Crippen LogP contribution >= 0.6 is 11.8 Å². The third-order valence-corrected chi connectivity index (χ3v) is 7.21. The summed E-state index contributed by atoms with van der Waals surface area (Å²) in [5, 5.41) is 17.9. The highest BCUT2D eigenvalue weighted by Crippen LogP contribution is 2.33. The van der Waals surface area contributed by atoms with E-state index in [2.05, 4.69) is 16.0 Å². The topological polar surface area (TPSA) is 111 Å². The number of carbonyl (C=O) groups excluding carboxylic acids is 3. The lowest BCUT2D eigenvalue weighted by atomic mass is 9.95. The molecule has 0 radical (unpaired) electrons. The largest absolute Gasteiger partial charge is 0.395 e. The van der Waals surface area contributed by atoms with E-state index in [4.69, 9.17) is 5.11 Å². The number of nitrogens with zero attached hydrogens (tertiary/aromatic N) is 1. The molecule has 3 rings (SSSR count). The average molecular weight is 399 g/mol. The first kappa shape index (κ1) is 20.3. The number of carbonyl (C=O) groups is 3. The van der Waals surface area contributed by atoms with Crippen LogP contribution in [-0.2, 0) is 9.59 Å². The van der Waals surface area contributed by atoms with Gasteiger partial charge in [-0.25, -0.2) is 4.79 Å². The number of hydrogen-bond donors (Lipinski definition) is 4. The van der Waals surface area contributed by atoms with Crippen molar-refractivity contribution in [3.63, 3.8) is 0 Å². The molecule has 0 aromatic rings. The molecule has 4 amide bonds. The summed E-state index contributed by atoms with van der Waals surface area (Å²) in [6, 6.07) is 0.429. The monoisotopic (exact) mass is 398 g/mol. The van der Waals surface area contributed by atoms with Gasteiger partial charge in [0.25, 0.3) is 0 Å². The number of amides is 4. The van der Waals surface area contributed by atoms with Gasteiger partial charge in [0, 0.05) is 43.0 Å². The highest BCUT2D eigenvalue weighted by atomic mass is 32.2. The van der Waals surface area contributed by atoms with E-state index in [-0.39, 0.29) is 42.5 Å². The Morgan fingerprint density at radius 3 is 2.74 bits per heavy atom. The molecule has 0 aromatic heterocycles. The molecule has 0 bridgehead atoms. The molecule has 8 nitrogen and oxygen atoms in total. The van der Waals surface area contributed by atoms with Crippen molar-refractivity contribution in [1.82, 2.24) is 20.9 Å². The molecule has 3 heterocycles. The number of fused-ring (bicyclic) bond motifs is 1.